The van der Waals surface area contributed by atoms with Crippen LogP contribution in [0.25, 0.3) is 10.9 Å². The number of aromatic nitrogens is 1. The lowest BCUT2D eigenvalue weighted by molar-refractivity contribution is -0.0322. The summed E-state index contributed by atoms with van der Waals surface area (Å²) in [6, 6.07) is 6.39. The van der Waals surface area contributed by atoms with Crippen molar-refractivity contribution in [2.75, 3.05) is 32.4 Å². The van der Waals surface area contributed by atoms with Crippen LogP contribution in [-0.4, -0.2) is 53.9 Å². The van der Waals surface area contributed by atoms with E-state index in [1.165, 1.54) is 6.07 Å². The number of nitrogens with one attached hydrogen (secondary N) is 1. The van der Waals surface area contributed by atoms with Gasteiger partial charge in [-0.25, -0.2) is 9.78 Å². The quantitative estimate of drug-likeness (QED) is 0.550. The molecule has 1 atom stereocenters. The van der Waals surface area contributed by atoms with Crippen molar-refractivity contribution in [2.45, 2.75) is 6.23 Å². The molecule has 0 saturated carbocycles. The molecule has 1 fully saturated rings. The molecule has 1 aromatic carbocycles. The molecule has 116 valence electrons. The largest absolute Gasteiger partial charge is 0.507 e. The van der Waals surface area contributed by atoms with Crippen molar-refractivity contribution >= 4 is 22.6 Å². The molecule has 7 nitrogen and oxygen atoms in total. The number of nitrogens with two attached hydrogens (primary N) is 1. The molecule has 7 heteroatoms. The Labute approximate surface area is 127 Å². The zero-order valence-corrected chi connectivity index (χ0v) is 12.2. The molecule has 2 aromatic rings. The van der Waals surface area contributed by atoms with Gasteiger partial charge in [0.05, 0.1) is 11.2 Å². The minimum atomic E-state index is -0.582. The highest BCUT2D eigenvalue weighted by Crippen LogP contribution is 2.28. The van der Waals surface area contributed by atoms with Gasteiger partial charge in [0.1, 0.15) is 5.75 Å². The van der Waals surface area contributed by atoms with Gasteiger partial charge in [0.25, 0.3) is 0 Å². The number of aromatic hydroxyl groups is 1. The maximum absolute atomic E-state index is 12.3. The number of carbonyl (C=O) groups is 1. The summed E-state index contributed by atoms with van der Waals surface area (Å²) in [4.78, 5) is 18.5. The summed E-state index contributed by atoms with van der Waals surface area (Å²) in [5, 5.41) is 13.7. The molecular weight excluding hydrogens is 284 g/mol. The molecule has 4 N–H and O–H groups in total. The van der Waals surface area contributed by atoms with Crippen molar-refractivity contribution in [3.63, 3.8) is 0 Å². The van der Waals surface area contributed by atoms with Crippen LogP contribution in [0.2, 0.25) is 0 Å². The number of piperazine rings is 1. The predicted octanol–water partition coefficient (Wildman–Crippen LogP) is 0.540. The minimum Gasteiger partial charge on any atom is -0.507 e. The second-order valence-corrected chi connectivity index (χ2v) is 5.31. The van der Waals surface area contributed by atoms with Crippen molar-refractivity contribution in [1.29, 1.82) is 0 Å². The summed E-state index contributed by atoms with van der Waals surface area (Å²) >= 11 is 0. The molecule has 1 aliphatic rings. The van der Waals surface area contributed by atoms with Gasteiger partial charge in [-0.2, -0.15) is 0 Å². The van der Waals surface area contributed by atoms with Crippen molar-refractivity contribution in [2.24, 2.45) is 0 Å². The summed E-state index contributed by atoms with van der Waals surface area (Å²) in [5.74, 6) is -0.625. The summed E-state index contributed by atoms with van der Waals surface area (Å²) in [6.07, 6.45) is -0.353. The molecule has 1 aromatic heterocycles. The van der Waals surface area contributed by atoms with Crippen LogP contribution in [0.3, 0.4) is 0 Å². The Morgan fingerprint density at radius 3 is 3.14 bits per heavy atom. The molecule has 1 saturated heterocycles. The van der Waals surface area contributed by atoms with Crippen LogP contribution in [0.4, 0.5) is 5.69 Å². The number of pyridine rings is 1. The summed E-state index contributed by atoms with van der Waals surface area (Å²) in [6.45, 7) is 2.21. The number of carbonyl (C=O) groups excluding carboxylic acids is 1. The Morgan fingerprint density at radius 2 is 2.36 bits per heavy atom. The van der Waals surface area contributed by atoms with Crippen molar-refractivity contribution in [3.8, 4) is 5.75 Å². The number of nitrogens with zero attached hydrogens (tertiary/aromatic N) is 2. The Hall–Kier alpha value is -2.38. The third kappa shape index (κ3) is 2.68. The number of likely N-dealkylation sites (N-methyl/N-ethyl adjacent to an activating group) is 1. The zero-order valence-electron chi connectivity index (χ0n) is 12.2. The Balaban J connectivity index is 1.89. The molecule has 3 rings (SSSR count). The number of hydrogen-bond acceptors (Lipinski definition) is 7. The van der Waals surface area contributed by atoms with Gasteiger partial charge in [-0.1, -0.05) is 6.07 Å². The van der Waals surface area contributed by atoms with Crippen molar-refractivity contribution < 1.29 is 14.6 Å². The molecular formula is C15H18N4O3. The van der Waals surface area contributed by atoms with E-state index in [0.717, 1.165) is 13.1 Å². The summed E-state index contributed by atoms with van der Waals surface area (Å²) in [5.41, 5.74) is 6.69. The fourth-order valence-corrected chi connectivity index (χ4v) is 2.45. The summed E-state index contributed by atoms with van der Waals surface area (Å²) in [7, 11) is 1.89. The lowest BCUT2D eigenvalue weighted by Gasteiger charge is -2.32. The van der Waals surface area contributed by atoms with Gasteiger partial charge in [0.2, 0.25) is 0 Å². The predicted molar refractivity (Wildman–Crippen MR) is 82.5 cm³/mol. The maximum atomic E-state index is 12.3. The van der Waals surface area contributed by atoms with E-state index in [1.54, 1.807) is 18.2 Å². The molecule has 0 spiro atoms. The van der Waals surface area contributed by atoms with Gasteiger partial charge in [-0.3, -0.25) is 4.90 Å². The fourth-order valence-electron chi connectivity index (χ4n) is 2.45. The Morgan fingerprint density at radius 1 is 1.55 bits per heavy atom. The van der Waals surface area contributed by atoms with E-state index in [0.29, 0.717) is 23.1 Å². The van der Waals surface area contributed by atoms with E-state index < -0.39 is 5.97 Å². The van der Waals surface area contributed by atoms with E-state index in [4.69, 9.17) is 10.5 Å². The third-order valence-electron chi connectivity index (χ3n) is 3.75. The lowest BCUT2D eigenvalue weighted by Crippen LogP contribution is -2.51. The first-order chi connectivity index (χ1) is 10.6. The van der Waals surface area contributed by atoms with Crippen LogP contribution >= 0.6 is 0 Å². The number of hydrogen-bond donors (Lipinski definition) is 3. The van der Waals surface area contributed by atoms with E-state index in [-0.39, 0.29) is 17.7 Å². The lowest BCUT2D eigenvalue weighted by atomic mass is 10.1. The van der Waals surface area contributed by atoms with Gasteiger partial charge in [0, 0.05) is 31.1 Å². The van der Waals surface area contributed by atoms with Gasteiger partial charge in [0.15, 0.2) is 11.9 Å². The highest BCUT2D eigenvalue weighted by atomic mass is 16.6. The Bertz CT molecular complexity index is 719. The van der Waals surface area contributed by atoms with Crippen LogP contribution in [0, 0.1) is 0 Å². The normalized spacial score (nSPS) is 19.2. The molecule has 2 heterocycles. The molecule has 1 aliphatic heterocycles. The molecule has 0 bridgehead atoms. The van der Waals surface area contributed by atoms with Crippen LogP contribution in [-0.2, 0) is 4.74 Å². The van der Waals surface area contributed by atoms with Crippen molar-refractivity contribution in [3.05, 3.63) is 30.0 Å². The average molecular weight is 302 g/mol. The first-order valence-electron chi connectivity index (χ1n) is 7.06. The topological polar surface area (TPSA) is 101 Å². The second-order valence-electron chi connectivity index (χ2n) is 5.31. The average Bonchev–Trinajstić information content (AvgIpc) is 2.50. The molecule has 1 unspecified atom stereocenters. The molecule has 0 amide bonds. The van der Waals surface area contributed by atoms with Gasteiger partial charge < -0.3 is 20.9 Å². The second kappa shape index (κ2) is 5.78. The monoisotopic (exact) mass is 302 g/mol. The highest BCUT2D eigenvalue weighted by molar-refractivity contribution is 5.98. The number of ether oxygens (including phenoxy) is 1. The maximum Gasteiger partial charge on any atom is 0.358 e. The zero-order chi connectivity index (χ0) is 15.7. The third-order valence-corrected chi connectivity index (χ3v) is 3.75. The van der Waals surface area contributed by atoms with E-state index in [1.807, 2.05) is 11.9 Å². The number of fused-ring (bicyclic) bond motifs is 1. The molecule has 0 radical (unpaired) electrons. The number of para-hydroxylation sites is 1. The van der Waals surface area contributed by atoms with E-state index >= 15 is 0 Å². The first kappa shape index (κ1) is 14.6. The van der Waals surface area contributed by atoms with Crippen LogP contribution < -0.4 is 11.1 Å². The first-order valence-corrected chi connectivity index (χ1v) is 7.06. The van der Waals surface area contributed by atoms with Crippen LogP contribution in [0.1, 0.15) is 10.5 Å². The number of nitrogen functional groups attached to an aromatic ring is 1. The standard InChI is InChI=1S/C15H18N4O3/c1-19-6-5-17-8-13(19)22-15(21)11-7-12(20)9-3-2-4-10(16)14(9)18-11/h2-4,7,13,17H,5-6,8,16H2,1H3,(H,18,20). The number of benzene rings is 1. The van der Waals surface area contributed by atoms with Crippen molar-refractivity contribution in [1.82, 2.24) is 15.2 Å². The smallest absolute Gasteiger partial charge is 0.358 e. The van der Waals surface area contributed by atoms with E-state index in [2.05, 4.69) is 10.3 Å². The molecule has 0 aliphatic carbocycles. The number of anilines is 1. The minimum absolute atomic E-state index is 0.0422. The van der Waals surface area contributed by atoms with E-state index in [9.17, 15) is 9.90 Å². The SMILES string of the molecule is CN1CCNCC1OC(=O)c1cc(O)c2cccc(N)c2n1. The Kier molecular flexibility index (Phi) is 3.82. The van der Waals surface area contributed by atoms with Crippen LogP contribution in [0.5, 0.6) is 5.75 Å². The van der Waals surface area contributed by atoms with Gasteiger partial charge in [-0.15, -0.1) is 0 Å². The summed E-state index contributed by atoms with van der Waals surface area (Å²) < 4.78 is 5.44. The number of rotatable bonds is 2. The number of esters is 1. The van der Waals surface area contributed by atoms with Gasteiger partial charge >= 0.3 is 5.97 Å². The van der Waals surface area contributed by atoms with Crippen LogP contribution in [0.15, 0.2) is 24.3 Å². The fraction of sp³-hybridized carbons (Fsp3) is 0.333. The highest BCUT2D eigenvalue weighted by Gasteiger charge is 2.24. The molecule has 22 heavy (non-hydrogen) atoms. The van der Waals surface area contributed by atoms with Gasteiger partial charge in [-0.05, 0) is 19.2 Å².